The minimum atomic E-state index is -0.0653. The number of ether oxygens (including phenoxy) is 1. The Kier molecular flexibility index (Phi) is 8.07. The lowest BCUT2D eigenvalue weighted by atomic mass is 10.1. The van der Waals surface area contributed by atoms with E-state index in [-0.39, 0.29) is 12.0 Å². The highest BCUT2D eigenvalue weighted by atomic mass is 32.1. The molecule has 1 amide bonds. The van der Waals surface area contributed by atoms with Gasteiger partial charge in [0, 0.05) is 35.0 Å². The molecule has 1 aliphatic rings. The molecule has 1 fully saturated rings. The van der Waals surface area contributed by atoms with Crippen molar-refractivity contribution in [2.24, 2.45) is 4.99 Å². The maximum Gasteiger partial charge on any atom is 0.251 e. The SMILES string of the molecule is CCNC(=NCc1cccc(C(=O)NCC2CCCO2)c1)NCc1ccc(C)s1. The summed E-state index contributed by atoms with van der Waals surface area (Å²) < 4.78 is 5.56. The molecule has 3 N–H and O–H groups in total. The summed E-state index contributed by atoms with van der Waals surface area (Å²) >= 11 is 1.78. The first-order chi connectivity index (χ1) is 14.1. The van der Waals surface area contributed by atoms with Crippen molar-refractivity contribution in [3.8, 4) is 0 Å². The second kappa shape index (κ2) is 11.0. The lowest BCUT2D eigenvalue weighted by molar-refractivity contribution is 0.0857. The maximum absolute atomic E-state index is 12.4. The van der Waals surface area contributed by atoms with Crippen molar-refractivity contribution in [3.63, 3.8) is 0 Å². The summed E-state index contributed by atoms with van der Waals surface area (Å²) in [5, 5.41) is 9.61. The molecular weight excluding hydrogens is 384 g/mol. The first kappa shape index (κ1) is 21.3. The molecule has 0 aliphatic carbocycles. The third-order valence-electron chi connectivity index (χ3n) is 4.69. The fourth-order valence-corrected chi connectivity index (χ4v) is 4.02. The van der Waals surface area contributed by atoms with Gasteiger partial charge >= 0.3 is 0 Å². The average Bonchev–Trinajstić information content (AvgIpc) is 3.40. The molecule has 0 radical (unpaired) electrons. The van der Waals surface area contributed by atoms with Crippen molar-refractivity contribution in [1.82, 2.24) is 16.0 Å². The third kappa shape index (κ3) is 6.87. The zero-order chi connectivity index (χ0) is 20.5. The Bertz CT molecular complexity index is 828. The number of amides is 1. The van der Waals surface area contributed by atoms with Crippen LogP contribution < -0.4 is 16.0 Å². The highest BCUT2D eigenvalue weighted by molar-refractivity contribution is 7.11. The number of rotatable bonds is 8. The van der Waals surface area contributed by atoms with Crippen LogP contribution in [0.3, 0.4) is 0 Å². The zero-order valence-corrected chi connectivity index (χ0v) is 18.0. The number of hydrogen-bond acceptors (Lipinski definition) is 4. The van der Waals surface area contributed by atoms with Crippen molar-refractivity contribution < 1.29 is 9.53 Å². The molecule has 1 aromatic carbocycles. The van der Waals surface area contributed by atoms with E-state index in [1.54, 1.807) is 11.3 Å². The molecule has 2 aromatic rings. The normalized spacial score (nSPS) is 16.6. The quantitative estimate of drug-likeness (QED) is 0.458. The molecule has 0 saturated carbocycles. The zero-order valence-electron chi connectivity index (χ0n) is 17.2. The summed E-state index contributed by atoms with van der Waals surface area (Å²) in [5.74, 6) is 0.705. The van der Waals surface area contributed by atoms with Crippen LogP contribution in [-0.2, 0) is 17.8 Å². The van der Waals surface area contributed by atoms with Gasteiger partial charge in [0.2, 0.25) is 0 Å². The van der Waals surface area contributed by atoms with Gasteiger partial charge in [0.1, 0.15) is 0 Å². The van der Waals surface area contributed by atoms with Gasteiger partial charge in [-0.25, -0.2) is 4.99 Å². The molecule has 6 nitrogen and oxygen atoms in total. The van der Waals surface area contributed by atoms with E-state index in [4.69, 9.17) is 4.74 Å². The van der Waals surface area contributed by atoms with Crippen molar-refractivity contribution in [2.45, 2.75) is 45.9 Å². The fraction of sp³-hybridized carbons (Fsp3) is 0.455. The van der Waals surface area contributed by atoms with Crippen LogP contribution in [0, 0.1) is 6.92 Å². The summed E-state index contributed by atoms with van der Waals surface area (Å²) in [5.41, 5.74) is 1.65. The van der Waals surface area contributed by atoms with E-state index in [0.717, 1.165) is 44.1 Å². The number of guanidine groups is 1. The van der Waals surface area contributed by atoms with Crippen molar-refractivity contribution in [1.29, 1.82) is 0 Å². The number of hydrogen-bond donors (Lipinski definition) is 3. The van der Waals surface area contributed by atoms with Gasteiger partial charge < -0.3 is 20.7 Å². The van der Waals surface area contributed by atoms with Gasteiger partial charge in [0.15, 0.2) is 5.96 Å². The van der Waals surface area contributed by atoms with Gasteiger partial charge in [-0.1, -0.05) is 12.1 Å². The number of nitrogens with zero attached hydrogens (tertiary/aromatic N) is 1. The lowest BCUT2D eigenvalue weighted by Gasteiger charge is -2.12. The first-order valence-corrected chi connectivity index (χ1v) is 11.0. The van der Waals surface area contributed by atoms with E-state index in [9.17, 15) is 4.79 Å². The average molecular weight is 415 g/mol. The predicted molar refractivity (Wildman–Crippen MR) is 118 cm³/mol. The number of aliphatic imine (C=N–C) groups is 1. The van der Waals surface area contributed by atoms with Gasteiger partial charge in [-0.15, -0.1) is 11.3 Å². The maximum atomic E-state index is 12.4. The number of benzene rings is 1. The predicted octanol–water partition coefficient (Wildman–Crippen LogP) is 3.22. The molecule has 1 aliphatic heterocycles. The van der Waals surface area contributed by atoms with E-state index in [2.05, 4.69) is 40.0 Å². The molecule has 1 atom stereocenters. The van der Waals surface area contributed by atoms with E-state index in [0.29, 0.717) is 18.7 Å². The Morgan fingerprint density at radius 1 is 1.24 bits per heavy atom. The Morgan fingerprint density at radius 3 is 2.86 bits per heavy atom. The number of thiophene rings is 1. The Balaban J connectivity index is 1.55. The van der Waals surface area contributed by atoms with Crippen LogP contribution in [0.25, 0.3) is 0 Å². The molecule has 156 valence electrons. The summed E-state index contributed by atoms with van der Waals surface area (Å²) in [6.45, 7) is 7.56. The lowest BCUT2D eigenvalue weighted by Crippen LogP contribution is -2.36. The number of carbonyl (C=O) groups excluding carboxylic acids is 1. The van der Waals surface area contributed by atoms with Gasteiger partial charge in [-0.2, -0.15) is 0 Å². The molecule has 0 spiro atoms. The van der Waals surface area contributed by atoms with E-state index < -0.39 is 0 Å². The molecular formula is C22H30N4O2S. The number of carbonyl (C=O) groups is 1. The fourth-order valence-electron chi connectivity index (χ4n) is 3.19. The Morgan fingerprint density at radius 2 is 2.14 bits per heavy atom. The largest absolute Gasteiger partial charge is 0.376 e. The van der Waals surface area contributed by atoms with Crippen LogP contribution in [-0.4, -0.2) is 37.7 Å². The third-order valence-corrected chi connectivity index (χ3v) is 5.69. The van der Waals surface area contributed by atoms with E-state index in [1.807, 2.05) is 31.2 Å². The van der Waals surface area contributed by atoms with Crippen molar-refractivity contribution in [2.75, 3.05) is 19.7 Å². The monoisotopic (exact) mass is 414 g/mol. The standard InChI is InChI=1S/C22H30N4O2S/c1-3-23-22(26-15-20-10-9-16(2)29-20)25-13-17-6-4-7-18(12-17)21(27)24-14-19-8-5-11-28-19/h4,6-7,9-10,12,19H,3,5,8,11,13-15H2,1-2H3,(H,24,27)(H2,23,25,26). The van der Waals surface area contributed by atoms with Crippen molar-refractivity contribution >= 4 is 23.2 Å². The van der Waals surface area contributed by atoms with Crippen LogP contribution in [0.5, 0.6) is 0 Å². The molecule has 3 rings (SSSR count). The van der Waals surface area contributed by atoms with Crippen LogP contribution in [0.1, 0.15) is 45.4 Å². The van der Waals surface area contributed by atoms with Gasteiger partial charge in [-0.05, 0) is 56.5 Å². The molecule has 1 aromatic heterocycles. The summed E-state index contributed by atoms with van der Waals surface area (Å²) in [7, 11) is 0. The second-order valence-electron chi connectivity index (χ2n) is 7.11. The highest BCUT2D eigenvalue weighted by Crippen LogP contribution is 2.14. The topological polar surface area (TPSA) is 74.8 Å². The molecule has 0 bridgehead atoms. The molecule has 1 saturated heterocycles. The van der Waals surface area contributed by atoms with Gasteiger partial charge in [0.05, 0.1) is 19.2 Å². The van der Waals surface area contributed by atoms with Crippen molar-refractivity contribution in [3.05, 3.63) is 57.3 Å². The van der Waals surface area contributed by atoms with Crippen LogP contribution in [0.4, 0.5) is 0 Å². The molecule has 1 unspecified atom stereocenters. The summed E-state index contributed by atoms with van der Waals surface area (Å²) in [6, 6.07) is 11.9. The smallest absolute Gasteiger partial charge is 0.251 e. The number of aryl methyl sites for hydroxylation is 1. The molecule has 29 heavy (non-hydrogen) atoms. The Hall–Kier alpha value is -2.38. The first-order valence-electron chi connectivity index (χ1n) is 10.2. The highest BCUT2D eigenvalue weighted by Gasteiger charge is 2.16. The van der Waals surface area contributed by atoms with Gasteiger partial charge in [0.25, 0.3) is 5.91 Å². The van der Waals surface area contributed by atoms with E-state index >= 15 is 0 Å². The summed E-state index contributed by atoms with van der Waals surface area (Å²) in [4.78, 5) is 19.7. The summed E-state index contributed by atoms with van der Waals surface area (Å²) in [6.07, 6.45) is 2.23. The van der Waals surface area contributed by atoms with Crippen LogP contribution >= 0.6 is 11.3 Å². The Labute approximate surface area is 176 Å². The second-order valence-corrected chi connectivity index (χ2v) is 8.48. The minimum Gasteiger partial charge on any atom is -0.376 e. The molecule has 7 heteroatoms. The van der Waals surface area contributed by atoms with Crippen LogP contribution in [0.2, 0.25) is 0 Å². The van der Waals surface area contributed by atoms with E-state index in [1.165, 1.54) is 9.75 Å². The molecule has 2 heterocycles. The number of nitrogens with one attached hydrogen (secondary N) is 3. The minimum absolute atomic E-state index is 0.0653. The van der Waals surface area contributed by atoms with Crippen LogP contribution in [0.15, 0.2) is 41.4 Å². The van der Waals surface area contributed by atoms with Gasteiger partial charge in [-0.3, -0.25) is 4.79 Å².